The number of hydrogen-bond acceptors (Lipinski definition) is 2. The molecule has 1 saturated heterocycles. The number of aliphatic imine (C=N–C) groups is 1. The van der Waals surface area contributed by atoms with Crippen molar-refractivity contribution in [1.82, 2.24) is 15.1 Å². The molecule has 0 aromatic carbocycles. The van der Waals surface area contributed by atoms with E-state index in [1.54, 1.807) is 0 Å². The standard InChI is InChI=1S/C16H28N4O/c1-16(7-3-4-8-16)12-18-15(17-2)19-9-10-20(13-5-6-13)14(21)11-19/h13H,3-12H2,1-2H3,(H,17,18). The van der Waals surface area contributed by atoms with Crippen LogP contribution in [-0.4, -0.2) is 60.9 Å². The zero-order valence-corrected chi connectivity index (χ0v) is 13.4. The molecule has 1 heterocycles. The maximum absolute atomic E-state index is 12.2. The van der Waals surface area contributed by atoms with Crippen molar-refractivity contribution in [2.24, 2.45) is 10.4 Å². The van der Waals surface area contributed by atoms with Crippen molar-refractivity contribution < 1.29 is 4.79 Å². The van der Waals surface area contributed by atoms with Crippen molar-refractivity contribution in [3.63, 3.8) is 0 Å². The molecule has 3 aliphatic rings. The van der Waals surface area contributed by atoms with Crippen molar-refractivity contribution in [1.29, 1.82) is 0 Å². The van der Waals surface area contributed by atoms with E-state index in [9.17, 15) is 4.79 Å². The van der Waals surface area contributed by atoms with Crippen LogP contribution in [0.3, 0.4) is 0 Å². The molecule has 118 valence electrons. The first-order valence-electron chi connectivity index (χ1n) is 8.36. The second-order valence-corrected chi connectivity index (χ2v) is 7.16. The fourth-order valence-corrected chi connectivity index (χ4v) is 3.67. The largest absolute Gasteiger partial charge is 0.356 e. The summed E-state index contributed by atoms with van der Waals surface area (Å²) in [6, 6.07) is 0.534. The quantitative estimate of drug-likeness (QED) is 0.633. The fourth-order valence-electron chi connectivity index (χ4n) is 3.67. The molecule has 0 aromatic rings. The van der Waals surface area contributed by atoms with Gasteiger partial charge >= 0.3 is 0 Å². The third kappa shape index (κ3) is 3.33. The lowest BCUT2D eigenvalue weighted by molar-refractivity contribution is -0.135. The summed E-state index contributed by atoms with van der Waals surface area (Å²) in [5, 5.41) is 3.51. The average molecular weight is 292 g/mol. The minimum Gasteiger partial charge on any atom is -0.356 e. The highest BCUT2D eigenvalue weighted by molar-refractivity contribution is 5.88. The number of piperazine rings is 1. The molecule has 2 saturated carbocycles. The van der Waals surface area contributed by atoms with Crippen LogP contribution in [0.25, 0.3) is 0 Å². The van der Waals surface area contributed by atoms with E-state index in [1.165, 1.54) is 38.5 Å². The molecule has 5 heteroatoms. The number of nitrogens with one attached hydrogen (secondary N) is 1. The Balaban J connectivity index is 1.53. The van der Waals surface area contributed by atoms with E-state index in [-0.39, 0.29) is 5.91 Å². The van der Waals surface area contributed by atoms with Gasteiger partial charge in [0.1, 0.15) is 0 Å². The van der Waals surface area contributed by atoms with Gasteiger partial charge in [-0.05, 0) is 31.1 Å². The van der Waals surface area contributed by atoms with E-state index >= 15 is 0 Å². The van der Waals surface area contributed by atoms with Crippen LogP contribution in [0, 0.1) is 5.41 Å². The second-order valence-electron chi connectivity index (χ2n) is 7.16. The SMILES string of the molecule is CN=C(NCC1(C)CCCC1)N1CCN(C2CC2)C(=O)C1. The topological polar surface area (TPSA) is 47.9 Å². The summed E-state index contributed by atoms with van der Waals surface area (Å²) in [6.45, 7) is 5.56. The first kappa shape index (κ1) is 14.7. The Hall–Kier alpha value is -1.26. The minimum atomic E-state index is 0.263. The molecule has 0 spiro atoms. The summed E-state index contributed by atoms with van der Waals surface area (Å²) in [4.78, 5) is 20.8. The van der Waals surface area contributed by atoms with Gasteiger partial charge in [0.15, 0.2) is 5.96 Å². The van der Waals surface area contributed by atoms with E-state index < -0.39 is 0 Å². The van der Waals surface area contributed by atoms with Crippen LogP contribution in [0.15, 0.2) is 4.99 Å². The molecule has 1 amide bonds. The van der Waals surface area contributed by atoms with Gasteiger partial charge in [0.25, 0.3) is 0 Å². The fraction of sp³-hybridized carbons (Fsp3) is 0.875. The molecule has 0 bridgehead atoms. The van der Waals surface area contributed by atoms with E-state index in [0.29, 0.717) is 18.0 Å². The summed E-state index contributed by atoms with van der Waals surface area (Å²) in [6.07, 6.45) is 7.66. The Morgan fingerprint density at radius 1 is 1.33 bits per heavy atom. The van der Waals surface area contributed by atoms with Crippen molar-refractivity contribution in [2.45, 2.75) is 51.5 Å². The van der Waals surface area contributed by atoms with Gasteiger partial charge in [-0.15, -0.1) is 0 Å². The molecule has 2 aliphatic carbocycles. The highest BCUT2D eigenvalue weighted by Crippen LogP contribution is 2.36. The predicted octanol–water partition coefficient (Wildman–Crippen LogP) is 1.45. The lowest BCUT2D eigenvalue weighted by Gasteiger charge is -2.37. The van der Waals surface area contributed by atoms with Gasteiger partial charge in [-0.3, -0.25) is 9.79 Å². The molecule has 1 N–H and O–H groups in total. The second kappa shape index (κ2) is 5.85. The van der Waals surface area contributed by atoms with Crippen LogP contribution in [-0.2, 0) is 4.79 Å². The molecule has 0 atom stereocenters. The lowest BCUT2D eigenvalue weighted by Crippen LogP contribution is -2.56. The molecule has 5 nitrogen and oxygen atoms in total. The molecular weight excluding hydrogens is 264 g/mol. The maximum Gasteiger partial charge on any atom is 0.242 e. The summed E-state index contributed by atoms with van der Waals surface area (Å²) in [7, 11) is 1.82. The smallest absolute Gasteiger partial charge is 0.242 e. The Morgan fingerprint density at radius 2 is 2.05 bits per heavy atom. The predicted molar refractivity (Wildman–Crippen MR) is 84.2 cm³/mol. The monoisotopic (exact) mass is 292 g/mol. The van der Waals surface area contributed by atoms with Crippen LogP contribution >= 0.6 is 0 Å². The van der Waals surface area contributed by atoms with Crippen molar-refractivity contribution in [2.75, 3.05) is 33.2 Å². The Labute approximate surface area is 127 Å². The summed E-state index contributed by atoms with van der Waals surface area (Å²) >= 11 is 0. The molecule has 0 aromatic heterocycles. The first-order valence-corrected chi connectivity index (χ1v) is 8.36. The van der Waals surface area contributed by atoms with Gasteiger partial charge in [0.05, 0.1) is 6.54 Å². The lowest BCUT2D eigenvalue weighted by atomic mass is 9.89. The number of amides is 1. The average Bonchev–Trinajstić information content (AvgIpc) is 3.22. The van der Waals surface area contributed by atoms with Crippen LogP contribution in [0.1, 0.15) is 45.4 Å². The summed E-state index contributed by atoms with van der Waals surface area (Å²) in [5.41, 5.74) is 0.399. The van der Waals surface area contributed by atoms with E-state index in [1.807, 2.05) is 7.05 Å². The molecule has 3 fully saturated rings. The van der Waals surface area contributed by atoms with Gasteiger partial charge in [-0.1, -0.05) is 19.8 Å². The van der Waals surface area contributed by atoms with Crippen LogP contribution in [0.2, 0.25) is 0 Å². The number of carbonyl (C=O) groups is 1. The Morgan fingerprint density at radius 3 is 2.62 bits per heavy atom. The zero-order valence-electron chi connectivity index (χ0n) is 13.4. The van der Waals surface area contributed by atoms with Gasteiger partial charge in [-0.2, -0.15) is 0 Å². The molecule has 0 radical (unpaired) electrons. The number of rotatable bonds is 3. The van der Waals surface area contributed by atoms with Gasteiger partial charge in [0.2, 0.25) is 5.91 Å². The van der Waals surface area contributed by atoms with Crippen molar-refractivity contribution in [3.05, 3.63) is 0 Å². The summed E-state index contributed by atoms with van der Waals surface area (Å²) in [5.74, 6) is 1.16. The van der Waals surface area contributed by atoms with E-state index in [4.69, 9.17) is 0 Å². The number of nitrogens with zero attached hydrogens (tertiary/aromatic N) is 3. The highest BCUT2D eigenvalue weighted by Gasteiger charge is 2.36. The van der Waals surface area contributed by atoms with Gasteiger partial charge in [-0.25, -0.2) is 0 Å². The minimum absolute atomic E-state index is 0.263. The molecule has 1 aliphatic heterocycles. The maximum atomic E-state index is 12.2. The van der Waals surface area contributed by atoms with Crippen LogP contribution in [0.4, 0.5) is 0 Å². The molecule has 3 rings (SSSR count). The molecule has 21 heavy (non-hydrogen) atoms. The normalized spacial score (nSPS) is 26.4. The van der Waals surface area contributed by atoms with Gasteiger partial charge in [0, 0.05) is 32.7 Å². The number of hydrogen-bond donors (Lipinski definition) is 1. The van der Waals surface area contributed by atoms with Crippen LogP contribution < -0.4 is 5.32 Å². The highest BCUT2D eigenvalue weighted by atomic mass is 16.2. The molecule has 0 unspecified atom stereocenters. The van der Waals surface area contributed by atoms with E-state index in [0.717, 1.165) is 25.6 Å². The van der Waals surface area contributed by atoms with Gasteiger partial charge < -0.3 is 15.1 Å². The number of guanidine groups is 1. The van der Waals surface area contributed by atoms with Crippen LogP contribution in [0.5, 0.6) is 0 Å². The Kier molecular flexibility index (Phi) is 4.09. The Bertz CT molecular complexity index is 424. The van der Waals surface area contributed by atoms with E-state index in [2.05, 4.69) is 27.0 Å². The zero-order chi connectivity index (χ0) is 14.9. The van der Waals surface area contributed by atoms with Crippen molar-refractivity contribution >= 4 is 11.9 Å². The molecular formula is C16H28N4O. The van der Waals surface area contributed by atoms with Crippen molar-refractivity contribution in [3.8, 4) is 0 Å². The number of carbonyl (C=O) groups excluding carboxylic acids is 1. The summed E-state index contributed by atoms with van der Waals surface area (Å²) < 4.78 is 0. The third-order valence-corrected chi connectivity index (χ3v) is 5.24. The third-order valence-electron chi connectivity index (χ3n) is 5.24. The first-order chi connectivity index (χ1) is 10.1.